The fraction of sp³-hybridized carbons (Fsp3) is 0.125. The minimum atomic E-state index is -0.426. The Bertz CT molecular complexity index is 1330. The molecule has 3 aromatic carbocycles. The van der Waals surface area contributed by atoms with E-state index < -0.39 is 11.7 Å². The van der Waals surface area contributed by atoms with Gasteiger partial charge in [-0.15, -0.1) is 10.2 Å². The van der Waals surface area contributed by atoms with Gasteiger partial charge in [0, 0.05) is 5.56 Å². The summed E-state index contributed by atoms with van der Waals surface area (Å²) in [6.07, 6.45) is 0. The molecular formula is C24H21FN6O4. The highest BCUT2D eigenvalue weighted by Crippen LogP contribution is 2.25. The van der Waals surface area contributed by atoms with Crippen molar-refractivity contribution in [3.63, 3.8) is 0 Å². The zero-order valence-electron chi connectivity index (χ0n) is 18.6. The first kappa shape index (κ1) is 23.4. The van der Waals surface area contributed by atoms with Crippen molar-refractivity contribution < 1.29 is 23.5 Å². The summed E-state index contributed by atoms with van der Waals surface area (Å²) < 4.78 is 23.6. The molecule has 0 saturated carbocycles. The van der Waals surface area contributed by atoms with Gasteiger partial charge in [-0.05, 0) is 53.7 Å². The van der Waals surface area contributed by atoms with Gasteiger partial charge in [0.2, 0.25) is 11.7 Å². The number of carbonyl (C=O) groups is 2. The molecule has 0 atom stereocenters. The molecule has 2 N–H and O–H groups in total. The Morgan fingerprint density at radius 1 is 0.914 bits per heavy atom. The summed E-state index contributed by atoms with van der Waals surface area (Å²) in [5.41, 5.74) is 1.48. The number of nitrogens with one attached hydrogen (secondary N) is 2. The molecule has 10 nitrogen and oxygen atoms in total. The van der Waals surface area contributed by atoms with Crippen molar-refractivity contribution in [2.75, 3.05) is 24.4 Å². The van der Waals surface area contributed by atoms with Crippen molar-refractivity contribution in [1.29, 1.82) is 0 Å². The lowest BCUT2D eigenvalue weighted by Crippen LogP contribution is -2.21. The van der Waals surface area contributed by atoms with Gasteiger partial charge in [0.1, 0.15) is 23.9 Å². The number of amides is 2. The highest BCUT2D eigenvalue weighted by molar-refractivity contribution is 5.95. The highest BCUT2D eigenvalue weighted by Gasteiger charge is 2.15. The summed E-state index contributed by atoms with van der Waals surface area (Å²) in [4.78, 5) is 26.0. The van der Waals surface area contributed by atoms with Crippen LogP contribution >= 0.6 is 0 Å². The van der Waals surface area contributed by atoms with Crippen LogP contribution in [0.15, 0.2) is 72.8 Å². The fourth-order valence-electron chi connectivity index (χ4n) is 3.14. The van der Waals surface area contributed by atoms with Crippen molar-refractivity contribution in [3.8, 4) is 22.9 Å². The van der Waals surface area contributed by atoms with E-state index in [-0.39, 0.29) is 24.9 Å². The molecule has 4 rings (SSSR count). The maximum absolute atomic E-state index is 13.0. The Morgan fingerprint density at radius 3 is 2.37 bits per heavy atom. The number of carbonyl (C=O) groups excluding carboxylic acids is 2. The molecule has 1 heterocycles. The Labute approximate surface area is 199 Å². The lowest BCUT2D eigenvalue weighted by Gasteiger charge is -2.10. The van der Waals surface area contributed by atoms with E-state index in [9.17, 15) is 14.0 Å². The van der Waals surface area contributed by atoms with Crippen LogP contribution in [-0.2, 0) is 16.1 Å². The molecule has 178 valence electrons. The third kappa shape index (κ3) is 6.16. The van der Waals surface area contributed by atoms with Gasteiger partial charge >= 0.3 is 0 Å². The molecule has 4 aromatic rings. The number of nitrogens with zero attached hydrogens (tertiary/aromatic N) is 4. The van der Waals surface area contributed by atoms with Crippen LogP contribution in [0.5, 0.6) is 11.5 Å². The van der Waals surface area contributed by atoms with E-state index in [0.29, 0.717) is 28.4 Å². The largest absolute Gasteiger partial charge is 0.495 e. The minimum absolute atomic E-state index is 0.176. The minimum Gasteiger partial charge on any atom is -0.495 e. The molecule has 11 heteroatoms. The van der Waals surface area contributed by atoms with E-state index in [1.807, 2.05) is 0 Å². The molecule has 0 spiro atoms. The highest BCUT2D eigenvalue weighted by atomic mass is 19.1. The second-order valence-corrected chi connectivity index (χ2v) is 7.23. The number of hydrogen-bond donors (Lipinski definition) is 2. The average molecular weight is 476 g/mol. The molecule has 0 bridgehead atoms. The SMILES string of the molecule is COc1ccccc1NC(=O)Cn1nnc(-c2ccccc2NC(=O)COc2ccc(F)cc2)n1. The van der Waals surface area contributed by atoms with Crippen molar-refractivity contribution in [2.45, 2.75) is 6.54 Å². The van der Waals surface area contributed by atoms with Gasteiger partial charge in [-0.25, -0.2) is 4.39 Å². The predicted molar refractivity (Wildman–Crippen MR) is 125 cm³/mol. The lowest BCUT2D eigenvalue weighted by atomic mass is 10.1. The van der Waals surface area contributed by atoms with Gasteiger partial charge in [-0.1, -0.05) is 24.3 Å². The van der Waals surface area contributed by atoms with Crippen LogP contribution in [0.2, 0.25) is 0 Å². The fourth-order valence-corrected chi connectivity index (χ4v) is 3.14. The molecule has 1 aromatic heterocycles. The first-order valence-electron chi connectivity index (χ1n) is 10.5. The summed E-state index contributed by atoms with van der Waals surface area (Å²) >= 11 is 0. The van der Waals surface area contributed by atoms with Gasteiger partial charge in [0.15, 0.2) is 6.61 Å². The quantitative estimate of drug-likeness (QED) is 0.381. The average Bonchev–Trinajstić information content (AvgIpc) is 3.32. The number of ether oxygens (including phenoxy) is 2. The van der Waals surface area contributed by atoms with Crippen molar-refractivity contribution in [3.05, 3.63) is 78.6 Å². The number of rotatable bonds is 9. The molecular weight excluding hydrogens is 455 g/mol. The summed E-state index contributed by atoms with van der Waals surface area (Å²) in [5.74, 6) is -0.0608. The van der Waals surface area contributed by atoms with Crippen LogP contribution in [0, 0.1) is 5.82 Å². The van der Waals surface area contributed by atoms with Crippen LogP contribution in [0.25, 0.3) is 11.4 Å². The van der Waals surface area contributed by atoms with Crippen LogP contribution in [-0.4, -0.2) is 45.7 Å². The molecule has 0 unspecified atom stereocenters. The number of methoxy groups -OCH3 is 1. The Balaban J connectivity index is 1.39. The van der Waals surface area contributed by atoms with E-state index in [1.165, 1.54) is 31.4 Å². The maximum atomic E-state index is 13.0. The van der Waals surface area contributed by atoms with Crippen LogP contribution in [0.3, 0.4) is 0 Å². The topological polar surface area (TPSA) is 120 Å². The molecule has 35 heavy (non-hydrogen) atoms. The van der Waals surface area contributed by atoms with Gasteiger partial charge in [-0.2, -0.15) is 4.80 Å². The predicted octanol–water partition coefficient (Wildman–Crippen LogP) is 3.14. The molecule has 0 aliphatic carbocycles. The first-order valence-corrected chi connectivity index (χ1v) is 10.5. The van der Waals surface area contributed by atoms with Crippen LogP contribution in [0.4, 0.5) is 15.8 Å². The third-order valence-electron chi connectivity index (χ3n) is 4.74. The normalized spacial score (nSPS) is 10.5. The van der Waals surface area contributed by atoms with Crippen molar-refractivity contribution in [1.82, 2.24) is 20.2 Å². The molecule has 0 aliphatic heterocycles. The third-order valence-corrected chi connectivity index (χ3v) is 4.74. The van der Waals surface area contributed by atoms with E-state index in [0.717, 1.165) is 4.80 Å². The molecule has 2 amide bonds. The monoisotopic (exact) mass is 476 g/mol. The molecule has 0 aliphatic rings. The summed E-state index contributed by atoms with van der Waals surface area (Å²) in [6, 6.07) is 19.3. The Kier molecular flexibility index (Phi) is 7.26. The summed E-state index contributed by atoms with van der Waals surface area (Å²) in [7, 11) is 1.52. The smallest absolute Gasteiger partial charge is 0.262 e. The zero-order valence-corrected chi connectivity index (χ0v) is 18.6. The van der Waals surface area contributed by atoms with Gasteiger partial charge in [0.05, 0.1) is 18.5 Å². The van der Waals surface area contributed by atoms with Gasteiger partial charge in [0.25, 0.3) is 5.91 Å². The zero-order chi connectivity index (χ0) is 24.6. The summed E-state index contributed by atoms with van der Waals surface area (Å²) in [6.45, 7) is -0.450. The number of halogens is 1. The summed E-state index contributed by atoms with van der Waals surface area (Å²) in [5, 5.41) is 17.7. The second kappa shape index (κ2) is 10.9. The Hall–Kier alpha value is -4.80. The molecule has 0 fully saturated rings. The van der Waals surface area contributed by atoms with Crippen molar-refractivity contribution in [2.24, 2.45) is 0 Å². The van der Waals surface area contributed by atoms with E-state index in [4.69, 9.17) is 9.47 Å². The van der Waals surface area contributed by atoms with Gasteiger partial charge in [-0.3, -0.25) is 9.59 Å². The number of anilines is 2. The first-order chi connectivity index (χ1) is 17.0. The number of aromatic nitrogens is 4. The van der Waals surface area contributed by atoms with Crippen LogP contribution < -0.4 is 20.1 Å². The van der Waals surface area contributed by atoms with Crippen LogP contribution in [0.1, 0.15) is 0 Å². The number of hydrogen-bond acceptors (Lipinski definition) is 7. The Morgan fingerprint density at radius 2 is 1.60 bits per heavy atom. The number of tetrazole rings is 1. The maximum Gasteiger partial charge on any atom is 0.262 e. The standard InChI is InChI=1S/C24H21FN6O4/c1-34-21-9-5-4-8-20(21)27-22(32)14-31-29-24(28-30-31)18-6-2-3-7-19(18)26-23(33)15-35-17-12-10-16(25)11-13-17/h2-13H,14-15H2,1H3,(H,26,33)(H,27,32). The van der Waals surface area contributed by atoms with E-state index in [2.05, 4.69) is 26.0 Å². The number of para-hydroxylation sites is 3. The van der Waals surface area contributed by atoms with Gasteiger partial charge < -0.3 is 20.1 Å². The van der Waals surface area contributed by atoms with E-state index in [1.54, 1.807) is 48.5 Å². The molecule has 0 radical (unpaired) electrons. The number of benzene rings is 3. The van der Waals surface area contributed by atoms with Crippen molar-refractivity contribution >= 4 is 23.2 Å². The lowest BCUT2D eigenvalue weighted by molar-refractivity contribution is -0.118. The van der Waals surface area contributed by atoms with E-state index >= 15 is 0 Å². The second-order valence-electron chi connectivity index (χ2n) is 7.23. The molecule has 0 saturated heterocycles.